The first-order valence-corrected chi connectivity index (χ1v) is 8.23. The highest BCUT2D eigenvalue weighted by Crippen LogP contribution is 2.15. The van der Waals surface area contributed by atoms with E-state index in [-0.39, 0.29) is 18.0 Å². The first kappa shape index (κ1) is 17.6. The molecule has 0 unspecified atom stereocenters. The van der Waals surface area contributed by atoms with Gasteiger partial charge in [-0.2, -0.15) is 0 Å². The van der Waals surface area contributed by atoms with E-state index in [0.717, 1.165) is 12.1 Å². The number of carboxylic acid groups (broad SMARTS) is 1. The molecule has 0 aliphatic carbocycles. The number of hydrogen-bond donors (Lipinski definition) is 3. The number of nitrogens with one attached hydrogen (secondary N) is 2. The van der Waals surface area contributed by atoms with Crippen molar-refractivity contribution in [1.82, 2.24) is 15.5 Å². The minimum atomic E-state index is -1.07. The zero-order valence-electron chi connectivity index (χ0n) is 12.9. The molecule has 23 heavy (non-hydrogen) atoms. The number of nitrogens with zero attached hydrogens (tertiary/aromatic N) is 1. The SMILES string of the molecule is O=C(O)N[C@H]1CN(Cc2ccccc2)C[C@@H]1NC(=O)CCCCl. The van der Waals surface area contributed by atoms with Crippen molar-refractivity contribution >= 4 is 23.6 Å². The Hall–Kier alpha value is -1.79. The van der Waals surface area contributed by atoms with E-state index in [1.807, 2.05) is 30.3 Å². The number of benzene rings is 1. The summed E-state index contributed by atoms with van der Waals surface area (Å²) in [6.45, 7) is 1.92. The van der Waals surface area contributed by atoms with E-state index < -0.39 is 6.09 Å². The summed E-state index contributed by atoms with van der Waals surface area (Å²) in [5.41, 5.74) is 1.16. The van der Waals surface area contributed by atoms with Gasteiger partial charge in [0, 0.05) is 31.9 Å². The number of likely N-dealkylation sites (tertiary alicyclic amines) is 1. The van der Waals surface area contributed by atoms with Crippen molar-refractivity contribution in [1.29, 1.82) is 0 Å². The molecule has 1 aliphatic rings. The predicted octanol–water partition coefficient (Wildman–Crippen LogP) is 1.64. The van der Waals surface area contributed by atoms with Crippen LogP contribution >= 0.6 is 11.6 Å². The normalized spacial score (nSPS) is 21.1. The van der Waals surface area contributed by atoms with Gasteiger partial charge in [0.1, 0.15) is 0 Å². The lowest BCUT2D eigenvalue weighted by atomic mass is 10.1. The number of carbonyl (C=O) groups excluding carboxylic acids is 1. The molecule has 126 valence electrons. The molecule has 7 heteroatoms. The van der Waals surface area contributed by atoms with Gasteiger partial charge in [-0.05, 0) is 12.0 Å². The van der Waals surface area contributed by atoms with Crippen molar-refractivity contribution in [3.05, 3.63) is 35.9 Å². The smallest absolute Gasteiger partial charge is 0.404 e. The fraction of sp³-hybridized carbons (Fsp3) is 0.500. The second-order valence-electron chi connectivity index (χ2n) is 5.70. The third-order valence-electron chi connectivity index (χ3n) is 3.84. The van der Waals surface area contributed by atoms with Crippen molar-refractivity contribution in [2.45, 2.75) is 31.5 Å². The summed E-state index contributed by atoms with van der Waals surface area (Å²) < 4.78 is 0. The fourth-order valence-electron chi connectivity index (χ4n) is 2.81. The zero-order chi connectivity index (χ0) is 16.7. The molecule has 2 amide bonds. The molecule has 1 heterocycles. The van der Waals surface area contributed by atoms with Crippen molar-refractivity contribution in [2.75, 3.05) is 19.0 Å². The Bertz CT molecular complexity index is 527. The Balaban J connectivity index is 1.94. The molecule has 1 saturated heterocycles. The van der Waals surface area contributed by atoms with Crippen LogP contribution in [0.2, 0.25) is 0 Å². The van der Waals surface area contributed by atoms with Gasteiger partial charge in [-0.3, -0.25) is 9.69 Å². The highest BCUT2D eigenvalue weighted by atomic mass is 35.5. The quantitative estimate of drug-likeness (QED) is 0.660. The summed E-state index contributed by atoms with van der Waals surface area (Å²) in [5, 5.41) is 14.4. The van der Waals surface area contributed by atoms with E-state index in [4.69, 9.17) is 16.7 Å². The molecule has 1 aromatic rings. The summed E-state index contributed by atoms with van der Waals surface area (Å²) in [7, 11) is 0. The van der Waals surface area contributed by atoms with Gasteiger partial charge in [-0.1, -0.05) is 30.3 Å². The fourth-order valence-corrected chi connectivity index (χ4v) is 2.95. The Morgan fingerprint density at radius 1 is 1.17 bits per heavy atom. The standard InChI is InChI=1S/C16H22ClN3O3/c17-8-4-7-15(21)18-13-10-20(11-14(13)19-16(22)23)9-12-5-2-1-3-6-12/h1-3,5-6,13-14,19H,4,7-11H2,(H,18,21)(H,22,23)/t13-,14-/m0/s1. The van der Waals surface area contributed by atoms with Crippen LogP contribution in [0.3, 0.4) is 0 Å². The summed E-state index contributed by atoms with van der Waals surface area (Å²) in [6, 6.07) is 9.45. The lowest BCUT2D eigenvalue weighted by molar-refractivity contribution is -0.121. The molecule has 2 rings (SSSR count). The Morgan fingerprint density at radius 3 is 2.43 bits per heavy atom. The molecule has 6 nitrogen and oxygen atoms in total. The van der Waals surface area contributed by atoms with E-state index in [9.17, 15) is 9.59 Å². The van der Waals surface area contributed by atoms with E-state index in [1.54, 1.807) is 0 Å². The molecule has 0 saturated carbocycles. The first-order valence-electron chi connectivity index (χ1n) is 7.69. The van der Waals surface area contributed by atoms with Gasteiger partial charge < -0.3 is 15.7 Å². The van der Waals surface area contributed by atoms with Crippen LogP contribution in [0.4, 0.5) is 4.79 Å². The highest BCUT2D eigenvalue weighted by molar-refractivity contribution is 6.17. The number of hydrogen-bond acceptors (Lipinski definition) is 3. The van der Waals surface area contributed by atoms with Crippen LogP contribution in [-0.2, 0) is 11.3 Å². The topological polar surface area (TPSA) is 81.7 Å². The third-order valence-corrected chi connectivity index (χ3v) is 4.10. The van der Waals surface area contributed by atoms with Crippen molar-refractivity contribution in [3.63, 3.8) is 0 Å². The number of halogens is 1. The summed E-state index contributed by atoms with van der Waals surface area (Å²) in [5.74, 6) is 0.351. The molecule has 0 bridgehead atoms. The van der Waals surface area contributed by atoms with Gasteiger partial charge >= 0.3 is 6.09 Å². The van der Waals surface area contributed by atoms with Crippen LogP contribution in [0, 0.1) is 0 Å². The number of rotatable bonds is 7. The van der Waals surface area contributed by atoms with E-state index in [1.165, 1.54) is 0 Å². The van der Waals surface area contributed by atoms with E-state index >= 15 is 0 Å². The molecule has 1 aliphatic heterocycles. The third kappa shape index (κ3) is 5.73. The summed E-state index contributed by atoms with van der Waals surface area (Å²) >= 11 is 5.59. The second-order valence-corrected chi connectivity index (χ2v) is 6.08. The Labute approximate surface area is 140 Å². The predicted molar refractivity (Wildman–Crippen MR) is 88.6 cm³/mol. The van der Waals surface area contributed by atoms with Gasteiger partial charge in [0.05, 0.1) is 12.1 Å². The molecular formula is C16H22ClN3O3. The maximum atomic E-state index is 11.9. The van der Waals surface area contributed by atoms with Crippen LogP contribution in [0.1, 0.15) is 18.4 Å². The van der Waals surface area contributed by atoms with Gasteiger partial charge in [0.15, 0.2) is 0 Å². The highest BCUT2D eigenvalue weighted by Gasteiger charge is 2.34. The minimum absolute atomic E-state index is 0.0885. The molecular weight excluding hydrogens is 318 g/mol. The molecule has 0 spiro atoms. The maximum Gasteiger partial charge on any atom is 0.404 e. The maximum absolute atomic E-state index is 11.9. The van der Waals surface area contributed by atoms with Gasteiger partial charge in [-0.25, -0.2) is 4.79 Å². The Kier molecular flexibility index (Phi) is 6.67. The van der Waals surface area contributed by atoms with Crippen molar-refractivity contribution < 1.29 is 14.7 Å². The van der Waals surface area contributed by atoms with Crippen molar-refractivity contribution in [2.24, 2.45) is 0 Å². The van der Waals surface area contributed by atoms with Crippen LogP contribution in [0.15, 0.2) is 30.3 Å². The van der Waals surface area contributed by atoms with Crippen LogP contribution in [-0.4, -0.2) is 53.1 Å². The van der Waals surface area contributed by atoms with Gasteiger partial charge in [0.25, 0.3) is 0 Å². The minimum Gasteiger partial charge on any atom is -0.465 e. The largest absolute Gasteiger partial charge is 0.465 e. The molecule has 2 atom stereocenters. The second kappa shape index (κ2) is 8.74. The Morgan fingerprint density at radius 2 is 1.83 bits per heavy atom. The first-order chi connectivity index (χ1) is 11.1. The molecule has 1 aromatic carbocycles. The number of alkyl halides is 1. The van der Waals surface area contributed by atoms with E-state index in [0.29, 0.717) is 31.8 Å². The average molecular weight is 340 g/mol. The lowest BCUT2D eigenvalue weighted by Gasteiger charge is -2.19. The van der Waals surface area contributed by atoms with Crippen LogP contribution in [0.5, 0.6) is 0 Å². The van der Waals surface area contributed by atoms with Crippen LogP contribution in [0.25, 0.3) is 0 Å². The van der Waals surface area contributed by atoms with E-state index in [2.05, 4.69) is 15.5 Å². The van der Waals surface area contributed by atoms with Crippen molar-refractivity contribution in [3.8, 4) is 0 Å². The van der Waals surface area contributed by atoms with Crippen LogP contribution < -0.4 is 10.6 Å². The summed E-state index contributed by atoms with van der Waals surface area (Å²) in [6.07, 6.45) is -0.0971. The molecule has 0 radical (unpaired) electrons. The number of amides is 2. The summed E-state index contributed by atoms with van der Waals surface area (Å²) in [4.78, 5) is 25.0. The lowest BCUT2D eigenvalue weighted by Crippen LogP contribution is -2.50. The number of carbonyl (C=O) groups is 2. The van der Waals surface area contributed by atoms with Gasteiger partial charge in [0.2, 0.25) is 5.91 Å². The molecule has 0 aromatic heterocycles. The molecule has 1 fully saturated rings. The monoisotopic (exact) mass is 339 g/mol. The van der Waals surface area contributed by atoms with Gasteiger partial charge in [-0.15, -0.1) is 11.6 Å². The zero-order valence-corrected chi connectivity index (χ0v) is 13.6. The molecule has 3 N–H and O–H groups in total. The average Bonchev–Trinajstić information content (AvgIpc) is 2.86.